The van der Waals surface area contributed by atoms with Crippen molar-refractivity contribution in [1.29, 1.82) is 0 Å². The smallest absolute Gasteiger partial charge is 0.309 e. The first-order valence-electron chi connectivity index (χ1n) is 9.89. The van der Waals surface area contributed by atoms with Gasteiger partial charge in [0.2, 0.25) is 0 Å². The quantitative estimate of drug-likeness (QED) is 0.706. The number of nitrogens with zero attached hydrogens (tertiary/aromatic N) is 1. The fourth-order valence-corrected chi connectivity index (χ4v) is 4.29. The number of thiazole rings is 1. The van der Waals surface area contributed by atoms with Crippen LogP contribution >= 0.6 is 11.3 Å². The minimum absolute atomic E-state index is 0.168. The monoisotopic (exact) mass is 416 g/mol. The van der Waals surface area contributed by atoms with Gasteiger partial charge in [0.15, 0.2) is 0 Å². The van der Waals surface area contributed by atoms with E-state index >= 15 is 0 Å². The van der Waals surface area contributed by atoms with E-state index in [9.17, 15) is 14.7 Å². The van der Waals surface area contributed by atoms with Crippen molar-refractivity contribution in [3.05, 3.63) is 52.0 Å². The summed E-state index contributed by atoms with van der Waals surface area (Å²) in [6.45, 7) is 5.79. The first-order valence-corrected chi connectivity index (χ1v) is 10.8. The summed E-state index contributed by atoms with van der Waals surface area (Å²) in [5.74, 6) is -1.04. The van der Waals surface area contributed by atoms with E-state index in [1.54, 1.807) is 5.38 Å². The fraction of sp³-hybridized carbons (Fsp3) is 0.500. The van der Waals surface area contributed by atoms with E-state index in [0.29, 0.717) is 31.5 Å². The highest BCUT2D eigenvalue weighted by Gasteiger charge is 2.39. The molecule has 1 amide bonds. The SMILES string of the molecule is CC(C)(C)OC(=O)[C@H]1C[C@@H](CNC(=O)c2csc(Cc3ccccc3)n2)[C@H](O)C1. The zero-order valence-corrected chi connectivity index (χ0v) is 17.9. The average Bonchev–Trinajstić information content (AvgIpc) is 3.26. The molecule has 0 radical (unpaired) electrons. The van der Waals surface area contributed by atoms with Crippen molar-refractivity contribution in [2.24, 2.45) is 11.8 Å². The third kappa shape index (κ3) is 6.11. The van der Waals surface area contributed by atoms with Gasteiger partial charge in [-0.2, -0.15) is 0 Å². The van der Waals surface area contributed by atoms with E-state index in [2.05, 4.69) is 10.3 Å². The van der Waals surface area contributed by atoms with Crippen LogP contribution in [-0.2, 0) is 16.0 Å². The maximum absolute atomic E-state index is 12.4. The Kier molecular flexibility index (Phi) is 6.70. The molecule has 0 aliphatic heterocycles. The first kappa shape index (κ1) is 21.5. The number of aromatic nitrogens is 1. The molecule has 1 aliphatic carbocycles. The average molecular weight is 417 g/mol. The number of ether oxygens (including phenoxy) is 1. The Morgan fingerprint density at radius 1 is 1.24 bits per heavy atom. The van der Waals surface area contributed by atoms with E-state index in [1.165, 1.54) is 11.3 Å². The summed E-state index contributed by atoms with van der Waals surface area (Å²) >= 11 is 1.46. The Morgan fingerprint density at radius 3 is 2.66 bits per heavy atom. The largest absolute Gasteiger partial charge is 0.460 e. The van der Waals surface area contributed by atoms with E-state index in [1.807, 2.05) is 51.1 Å². The van der Waals surface area contributed by atoms with Crippen molar-refractivity contribution in [1.82, 2.24) is 10.3 Å². The van der Waals surface area contributed by atoms with Crippen LogP contribution < -0.4 is 5.32 Å². The topological polar surface area (TPSA) is 88.5 Å². The van der Waals surface area contributed by atoms with Crippen LogP contribution in [-0.4, -0.2) is 40.2 Å². The number of aliphatic hydroxyl groups excluding tert-OH is 1. The van der Waals surface area contributed by atoms with Gasteiger partial charge in [-0.15, -0.1) is 11.3 Å². The number of hydrogen-bond donors (Lipinski definition) is 2. The fourth-order valence-electron chi connectivity index (χ4n) is 3.48. The molecule has 1 saturated carbocycles. The summed E-state index contributed by atoms with van der Waals surface area (Å²) < 4.78 is 5.42. The van der Waals surface area contributed by atoms with E-state index in [0.717, 1.165) is 10.6 Å². The van der Waals surface area contributed by atoms with Gasteiger partial charge < -0.3 is 15.2 Å². The van der Waals surface area contributed by atoms with Crippen molar-refractivity contribution in [2.75, 3.05) is 6.54 Å². The molecule has 2 N–H and O–H groups in total. The molecule has 0 bridgehead atoms. The van der Waals surface area contributed by atoms with Crippen molar-refractivity contribution < 1.29 is 19.4 Å². The molecule has 156 valence electrons. The van der Waals surface area contributed by atoms with Gasteiger partial charge in [-0.1, -0.05) is 30.3 Å². The molecule has 1 aliphatic rings. The van der Waals surface area contributed by atoms with Crippen LogP contribution in [0.5, 0.6) is 0 Å². The summed E-state index contributed by atoms with van der Waals surface area (Å²) in [4.78, 5) is 29.1. The highest BCUT2D eigenvalue weighted by Crippen LogP contribution is 2.33. The Labute approximate surface area is 175 Å². The van der Waals surface area contributed by atoms with Crippen LogP contribution in [0.2, 0.25) is 0 Å². The van der Waals surface area contributed by atoms with Gasteiger partial charge in [0.25, 0.3) is 5.91 Å². The Hall–Kier alpha value is -2.25. The van der Waals surface area contributed by atoms with Crippen LogP contribution in [0.15, 0.2) is 35.7 Å². The number of carbonyl (C=O) groups is 2. The number of benzene rings is 1. The van der Waals surface area contributed by atoms with Crippen molar-refractivity contribution in [3.63, 3.8) is 0 Å². The summed E-state index contributed by atoms with van der Waals surface area (Å²) in [7, 11) is 0. The zero-order valence-electron chi connectivity index (χ0n) is 17.1. The predicted molar refractivity (Wildman–Crippen MR) is 112 cm³/mol. The predicted octanol–water partition coefficient (Wildman–Crippen LogP) is 3.19. The summed E-state index contributed by atoms with van der Waals surface area (Å²) in [5, 5.41) is 15.8. The molecule has 6 nitrogen and oxygen atoms in total. The second-order valence-corrected chi connectivity index (χ2v) is 9.47. The number of hydrogen-bond acceptors (Lipinski definition) is 6. The van der Waals surface area contributed by atoms with Crippen molar-refractivity contribution in [3.8, 4) is 0 Å². The molecule has 1 aromatic heterocycles. The molecule has 3 atom stereocenters. The molecule has 1 aromatic carbocycles. The van der Waals surface area contributed by atoms with E-state index in [4.69, 9.17) is 4.74 Å². The number of esters is 1. The van der Waals surface area contributed by atoms with Gasteiger partial charge in [-0.05, 0) is 39.2 Å². The highest BCUT2D eigenvalue weighted by atomic mass is 32.1. The molecule has 0 unspecified atom stereocenters. The molecular weight excluding hydrogens is 388 g/mol. The lowest BCUT2D eigenvalue weighted by Gasteiger charge is -2.22. The molecule has 1 fully saturated rings. The maximum Gasteiger partial charge on any atom is 0.309 e. The van der Waals surface area contributed by atoms with Gasteiger partial charge in [0.1, 0.15) is 11.3 Å². The number of aliphatic hydroxyl groups is 1. The normalized spacial score (nSPS) is 21.7. The first-order chi connectivity index (χ1) is 13.7. The molecular formula is C22H28N2O4S. The summed E-state index contributed by atoms with van der Waals surface area (Å²) in [5.41, 5.74) is 0.990. The van der Waals surface area contributed by atoms with Crippen molar-refractivity contribution in [2.45, 2.75) is 51.7 Å². The summed E-state index contributed by atoms with van der Waals surface area (Å²) in [6, 6.07) is 9.99. The van der Waals surface area contributed by atoms with Gasteiger partial charge in [-0.3, -0.25) is 9.59 Å². The minimum Gasteiger partial charge on any atom is -0.460 e. The Bertz CT molecular complexity index is 844. The highest BCUT2D eigenvalue weighted by molar-refractivity contribution is 7.09. The van der Waals surface area contributed by atoms with Gasteiger partial charge in [0.05, 0.1) is 17.0 Å². The lowest BCUT2D eigenvalue weighted by atomic mass is 10.0. The third-order valence-electron chi connectivity index (χ3n) is 4.90. The zero-order chi connectivity index (χ0) is 21.0. The lowest BCUT2D eigenvalue weighted by Crippen LogP contribution is -2.32. The van der Waals surface area contributed by atoms with Gasteiger partial charge in [-0.25, -0.2) is 4.98 Å². The molecule has 3 rings (SSSR count). The van der Waals surface area contributed by atoms with Crippen LogP contribution in [0, 0.1) is 11.8 Å². The number of amides is 1. The number of nitrogens with one attached hydrogen (secondary N) is 1. The van der Waals surface area contributed by atoms with E-state index in [-0.39, 0.29) is 23.7 Å². The molecule has 29 heavy (non-hydrogen) atoms. The maximum atomic E-state index is 12.4. The molecule has 2 aromatic rings. The van der Waals surface area contributed by atoms with Crippen molar-refractivity contribution >= 4 is 23.2 Å². The molecule has 0 spiro atoms. The Balaban J connectivity index is 1.50. The molecule has 1 heterocycles. The standard InChI is InChI=1S/C22H28N2O4S/c1-22(2,3)28-21(27)15-10-16(18(25)11-15)12-23-20(26)17-13-29-19(24-17)9-14-7-5-4-6-8-14/h4-8,13,15-16,18,25H,9-12H2,1-3H3,(H,23,26)/t15-,16-,18+/m0/s1. The summed E-state index contributed by atoms with van der Waals surface area (Å²) in [6.07, 6.45) is 0.939. The van der Waals surface area contributed by atoms with Gasteiger partial charge in [0, 0.05) is 24.3 Å². The second kappa shape index (κ2) is 9.05. The lowest BCUT2D eigenvalue weighted by molar-refractivity contribution is -0.160. The minimum atomic E-state index is -0.628. The molecule has 7 heteroatoms. The third-order valence-corrected chi connectivity index (χ3v) is 5.75. The van der Waals surface area contributed by atoms with Crippen LogP contribution in [0.25, 0.3) is 0 Å². The van der Waals surface area contributed by atoms with Crippen LogP contribution in [0.4, 0.5) is 0 Å². The Morgan fingerprint density at radius 2 is 1.97 bits per heavy atom. The van der Waals surface area contributed by atoms with Crippen LogP contribution in [0.3, 0.4) is 0 Å². The number of carbonyl (C=O) groups excluding carboxylic acids is 2. The molecule has 0 saturated heterocycles. The van der Waals surface area contributed by atoms with Gasteiger partial charge >= 0.3 is 5.97 Å². The number of rotatable bonds is 6. The van der Waals surface area contributed by atoms with Crippen LogP contribution in [0.1, 0.15) is 54.7 Å². The van der Waals surface area contributed by atoms with E-state index < -0.39 is 11.7 Å². The second-order valence-electron chi connectivity index (χ2n) is 8.53.